The lowest BCUT2D eigenvalue weighted by Crippen LogP contribution is -2.39. The minimum absolute atomic E-state index is 0.0290. The van der Waals surface area contributed by atoms with Gasteiger partial charge in [0.2, 0.25) is 5.91 Å². The van der Waals surface area contributed by atoms with Gasteiger partial charge in [-0.05, 0) is 20.4 Å². The molecule has 0 rings (SSSR count). The van der Waals surface area contributed by atoms with E-state index in [4.69, 9.17) is 5.26 Å². The second-order valence-corrected chi connectivity index (χ2v) is 2.92. The van der Waals surface area contributed by atoms with Crippen molar-refractivity contribution in [2.75, 3.05) is 20.1 Å². The Bertz CT molecular complexity index is 198. The van der Waals surface area contributed by atoms with Crippen LogP contribution in [0.15, 0.2) is 0 Å². The van der Waals surface area contributed by atoms with E-state index >= 15 is 0 Å². The van der Waals surface area contributed by atoms with Crippen molar-refractivity contribution in [2.45, 2.75) is 26.3 Å². The Balaban J connectivity index is 3.91. The molecule has 1 atom stereocenters. The van der Waals surface area contributed by atoms with Gasteiger partial charge in [-0.25, -0.2) is 0 Å². The van der Waals surface area contributed by atoms with Gasteiger partial charge in [0.05, 0.1) is 18.7 Å². The summed E-state index contributed by atoms with van der Waals surface area (Å²) in [6, 6.07) is 1.98. The first kappa shape index (κ1) is 11.9. The molecule has 0 fully saturated rings. The van der Waals surface area contributed by atoms with E-state index in [1.807, 2.05) is 13.8 Å². The van der Waals surface area contributed by atoms with E-state index in [-0.39, 0.29) is 11.9 Å². The summed E-state index contributed by atoms with van der Waals surface area (Å²) in [6.07, 6.45) is 0.742. The average Bonchev–Trinajstić information content (AvgIpc) is 2.06. The number of hydrogen-bond donors (Lipinski definition) is 1. The van der Waals surface area contributed by atoms with E-state index in [1.54, 1.807) is 11.9 Å². The monoisotopic (exact) mass is 183 g/mol. The first-order valence-electron chi connectivity index (χ1n) is 4.52. The third-order valence-corrected chi connectivity index (χ3v) is 1.83. The van der Waals surface area contributed by atoms with Crippen LogP contribution in [0, 0.1) is 11.3 Å². The first-order chi connectivity index (χ1) is 6.15. The lowest BCUT2D eigenvalue weighted by atomic mass is 10.2. The smallest absolute Gasteiger partial charge is 0.234 e. The Morgan fingerprint density at radius 1 is 1.62 bits per heavy atom. The Kier molecular flexibility index (Phi) is 5.90. The molecule has 74 valence electrons. The van der Waals surface area contributed by atoms with Crippen LogP contribution in [0.4, 0.5) is 0 Å². The summed E-state index contributed by atoms with van der Waals surface area (Å²) < 4.78 is 0. The fourth-order valence-electron chi connectivity index (χ4n) is 1.09. The molecular formula is C9H17N3O. The Morgan fingerprint density at radius 2 is 2.23 bits per heavy atom. The SMILES string of the molecule is CCNC(=O)CN(C)C(C#N)CC. The molecule has 1 N–H and O–H groups in total. The van der Waals surface area contributed by atoms with Gasteiger partial charge in [0.15, 0.2) is 0 Å². The number of likely N-dealkylation sites (N-methyl/N-ethyl adjacent to an activating group) is 2. The molecule has 0 aromatic carbocycles. The van der Waals surface area contributed by atoms with E-state index in [2.05, 4.69) is 11.4 Å². The largest absolute Gasteiger partial charge is 0.355 e. The average molecular weight is 183 g/mol. The second-order valence-electron chi connectivity index (χ2n) is 2.92. The third-order valence-electron chi connectivity index (χ3n) is 1.83. The minimum Gasteiger partial charge on any atom is -0.355 e. The quantitative estimate of drug-likeness (QED) is 0.669. The van der Waals surface area contributed by atoms with Gasteiger partial charge < -0.3 is 5.32 Å². The molecule has 4 nitrogen and oxygen atoms in total. The molecule has 0 saturated heterocycles. The molecule has 0 spiro atoms. The molecule has 0 saturated carbocycles. The molecule has 0 aliphatic carbocycles. The molecule has 1 amide bonds. The van der Waals surface area contributed by atoms with Gasteiger partial charge in [0, 0.05) is 6.54 Å². The highest BCUT2D eigenvalue weighted by molar-refractivity contribution is 5.77. The van der Waals surface area contributed by atoms with Gasteiger partial charge in [-0.1, -0.05) is 6.92 Å². The van der Waals surface area contributed by atoms with Crippen molar-refractivity contribution in [1.82, 2.24) is 10.2 Å². The summed E-state index contributed by atoms with van der Waals surface area (Å²) in [6.45, 7) is 4.73. The van der Waals surface area contributed by atoms with Gasteiger partial charge in [0.25, 0.3) is 0 Å². The molecule has 0 heterocycles. The van der Waals surface area contributed by atoms with Crippen molar-refractivity contribution in [3.63, 3.8) is 0 Å². The summed E-state index contributed by atoms with van der Waals surface area (Å²) in [4.78, 5) is 12.9. The molecule has 0 bridgehead atoms. The zero-order chi connectivity index (χ0) is 10.3. The van der Waals surface area contributed by atoms with Crippen molar-refractivity contribution < 1.29 is 4.79 Å². The van der Waals surface area contributed by atoms with Gasteiger partial charge in [0.1, 0.15) is 0 Å². The van der Waals surface area contributed by atoms with Crippen LogP contribution in [-0.2, 0) is 4.79 Å². The highest BCUT2D eigenvalue weighted by Gasteiger charge is 2.13. The Morgan fingerprint density at radius 3 is 2.62 bits per heavy atom. The first-order valence-corrected chi connectivity index (χ1v) is 4.52. The lowest BCUT2D eigenvalue weighted by Gasteiger charge is -2.20. The molecule has 4 heteroatoms. The Labute approximate surface area is 79.5 Å². The maximum atomic E-state index is 11.1. The van der Waals surface area contributed by atoms with Crippen LogP contribution >= 0.6 is 0 Å². The van der Waals surface area contributed by atoms with Crippen molar-refractivity contribution in [2.24, 2.45) is 0 Å². The molecule has 0 aliphatic heterocycles. The summed E-state index contributed by atoms with van der Waals surface area (Å²) in [5, 5.41) is 11.4. The van der Waals surface area contributed by atoms with Crippen molar-refractivity contribution in [3.05, 3.63) is 0 Å². The van der Waals surface area contributed by atoms with Crippen LogP contribution in [0.1, 0.15) is 20.3 Å². The highest BCUT2D eigenvalue weighted by atomic mass is 16.2. The zero-order valence-electron chi connectivity index (χ0n) is 8.50. The van der Waals surface area contributed by atoms with Gasteiger partial charge in [-0.3, -0.25) is 9.69 Å². The normalized spacial score (nSPS) is 12.2. The third kappa shape index (κ3) is 4.48. The maximum Gasteiger partial charge on any atom is 0.234 e. The van der Waals surface area contributed by atoms with E-state index in [0.717, 1.165) is 6.42 Å². The molecule has 0 aromatic heterocycles. The van der Waals surface area contributed by atoms with Gasteiger partial charge in [-0.2, -0.15) is 5.26 Å². The standard InChI is InChI=1S/C9H17N3O/c1-4-8(6-10)12(3)7-9(13)11-5-2/h8H,4-5,7H2,1-3H3,(H,11,13). The minimum atomic E-state index is -0.164. The molecule has 0 aromatic rings. The summed E-state index contributed by atoms with van der Waals surface area (Å²) in [5.41, 5.74) is 0. The summed E-state index contributed by atoms with van der Waals surface area (Å²) >= 11 is 0. The summed E-state index contributed by atoms with van der Waals surface area (Å²) in [5.74, 6) is -0.0290. The molecule has 0 aliphatic rings. The van der Waals surface area contributed by atoms with Crippen LogP contribution in [0.25, 0.3) is 0 Å². The van der Waals surface area contributed by atoms with Gasteiger partial charge >= 0.3 is 0 Å². The predicted molar refractivity (Wildman–Crippen MR) is 51.0 cm³/mol. The second kappa shape index (κ2) is 6.44. The maximum absolute atomic E-state index is 11.1. The van der Waals surface area contributed by atoms with Crippen molar-refractivity contribution in [3.8, 4) is 6.07 Å². The number of carbonyl (C=O) groups excluding carboxylic acids is 1. The van der Waals surface area contributed by atoms with Gasteiger partial charge in [-0.15, -0.1) is 0 Å². The van der Waals surface area contributed by atoms with Crippen LogP contribution in [-0.4, -0.2) is 37.0 Å². The number of rotatable bonds is 5. The molecule has 1 unspecified atom stereocenters. The predicted octanol–water partition coefficient (Wildman–Crippen LogP) is 0.356. The number of carbonyl (C=O) groups is 1. The van der Waals surface area contributed by atoms with Crippen LogP contribution in [0.3, 0.4) is 0 Å². The number of hydrogen-bond acceptors (Lipinski definition) is 3. The summed E-state index contributed by atoms with van der Waals surface area (Å²) in [7, 11) is 1.78. The van der Waals surface area contributed by atoms with Crippen LogP contribution < -0.4 is 5.32 Å². The van der Waals surface area contributed by atoms with Crippen molar-refractivity contribution in [1.29, 1.82) is 5.26 Å². The lowest BCUT2D eigenvalue weighted by molar-refractivity contribution is -0.122. The van der Waals surface area contributed by atoms with E-state index in [1.165, 1.54) is 0 Å². The van der Waals surface area contributed by atoms with Crippen LogP contribution in [0.5, 0.6) is 0 Å². The zero-order valence-corrected chi connectivity index (χ0v) is 8.50. The van der Waals surface area contributed by atoms with E-state index in [9.17, 15) is 4.79 Å². The molecule has 13 heavy (non-hydrogen) atoms. The molecular weight excluding hydrogens is 166 g/mol. The highest BCUT2D eigenvalue weighted by Crippen LogP contribution is 1.98. The van der Waals surface area contributed by atoms with Crippen LogP contribution in [0.2, 0.25) is 0 Å². The van der Waals surface area contributed by atoms with Crippen molar-refractivity contribution >= 4 is 5.91 Å². The number of nitrogens with one attached hydrogen (secondary N) is 1. The number of nitrogens with zero attached hydrogens (tertiary/aromatic N) is 2. The number of amides is 1. The Hall–Kier alpha value is -1.08. The number of nitriles is 1. The topological polar surface area (TPSA) is 56.1 Å². The van der Waals surface area contributed by atoms with E-state index in [0.29, 0.717) is 13.1 Å². The molecule has 0 radical (unpaired) electrons. The fraction of sp³-hybridized carbons (Fsp3) is 0.778. The fourth-order valence-corrected chi connectivity index (χ4v) is 1.09. The van der Waals surface area contributed by atoms with E-state index < -0.39 is 0 Å².